The number of benzene rings is 1. The molecule has 0 fully saturated rings. The molecule has 0 aliphatic heterocycles. The molecule has 112 valence electrons. The summed E-state index contributed by atoms with van der Waals surface area (Å²) >= 11 is 0. The lowest BCUT2D eigenvalue weighted by molar-refractivity contribution is 0.0223. The number of amides is 1. The average Bonchev–Trinajstić information content (AvgIpc) is 2.58. The van der Waals surface area contributed by atoms with Crippen LogP contribution in [-0.4, -0.2) is 23.7 Å². The van der Waals surface area contributed by atoms with Gasteiger partial charge in [0.2, 0.25) is 0 Å². The molecule has 1 aromatic heterocycles. The van der Waals surface area contributed by atoms with Gasteiger partial charge in [0, 0.05) is 12.4 Å². The van der Waals surface area contributed by atoms with Gasteiger partial charge in [-0.25, -0.2) is 9.59 Å². The van der Waals surface area contributed by atoms with Crippen molar-refractivity contribution in [1.82, 2.24) is 10.5 Å². The van der Waals surface area contributed by atoms with E-state index in [4.69, 9.17) is 4.74 Å². The van der Waals surface area contributed by atoms with E-state index in [0.29, 0.717) is 5.56 Å². The summed E-state index contributed by atoms with van der Waals surface area (Å²) in [4.78, 5) is 31.4. The molecule has 22 heavy (non-hydrogen) atoms. The third kappa shape index (κ3) is 5.09. The second-order valence-electron chi connectivity index (χ2n) is 4.14. The smallest absolute Gasteiger partial charge is 0.441 e. The van der Waals surface area contributed by atoms with E-state index in [1.54, 1.807) is 60.9 Å². The maximum atomic E-state index is 11.6. The highest BCUT2D eigenvalue weighted by molar-refractivity contribution is 5.89. The lowest BCUT2D eigenvalue weighted by Crippen LogP contribution is -2.27. The first-order valence-corrected chi connectivity index (χ1v) is 6.51. The fraction of sp³-hybridized carbons (Fsp3) is 0.0625. The van der Waals surface area contributed by atoms with Crippen molar-refractivity contribution in [2.45, 2.75) is 0 Å². The highest BCUT2D eigenvalue weighted by atomic mass is 16.7. The number of hydrogen-bond donors (Lipinski definition) is 1. The lowest BCUT2D eigenvalue weighted by Gasteiger charge is -2.05. The second-order valence-corrected chi connectivity index (χ2v) is 4.14. The standard InChI is InChI=1S/C16H14N2O4/c19-15(14-8-2-1-3-9-14)22-18-16(20)21-11-5-7-13-6-4-10-17-12-13/h1-10,12H,11H2,(H,18,20)/b7-5+. The Morgan fingerprint density at radius 2 is 1.95 bits per heavy atom. The van der Waals surface area contributed by atoms with Crippen molar-refractivity contribution in [3.05, 3.63) is 72.1 Å². The van der Waals surface area contributed by atoms with Crippen LogP contribution >= 0.6 is 0 Å². The van der Waals surface area contributed by atoms with Crippen molar-refractivity contribution >= 4 is 18.1 Å². The number of nitrogens with zero attached hydrogens (tertiary/aromatic N) is 1. The van der Waals surface area contributed by atoms with Crippen LogP contribution in [0.5, 0.6) is 0 Å². The summed E-state index contributed by atoms with van der Waals surface area (Å²) in [7, 11) is 0. The number of hydroxylamine groups is 1. The molecule has 1 heterocycles. The maximum absolute atomic E-state index is 11.6. The summed E-state index contributed by atoms with van der Waals surface area (Å²) in [5, 5.41) is 0. The van der Waals surface area contributed by atoms with Gasteiger partial charge < -0.3 is 9.57 Å². The summed E-state index contributed by atoms with van der Waals surface area (Å²) in [6.45, 7) is 0.0453. The van der Waals surface area contributed by atoms with Gasteiger partial charge in [-0.3, -0.25) is 4.98 Å². The van der Waals surface area contributed by atoms with Crippen LogP contribution in [0.15, 0.2) is 60.9 Å². The summed E-state index contributed by atoms with van der Waals surface area (Å²) < 4.78 is 4.82. The highest BCUT2D eigenvalue weighted by Gasteiger charge is 2.09. The Labute approximate surface area is 127 Å². The Morgan fingerprint density at radius 1 is 1.14 bits per heavy atom. The van der Waals surface area contributed by atoms with E-state index in [1.165, 1.54) is 0 Å². The number of rotatable bonds is 4. The van der Waals surface area contributed by atoms with Gasteiger partial charge in [0.15, 0.2) is 0 Å². The summed E-state index contributed by atoms with van der Waals surface area (Å²) in [6, 6.07) is 12.0. The minimum Gasteiger partial charge on any atom is -0.443 e. The first kappa shape index (κ1) is 15.2. The molecule has 0 aliphatic carbocycles. The van der Waals surface area contributed by atoms with Crippen LogP contribution in [0.4, 0.5) is 4.79 Å². The van der Waals surface area contributed by atoms with E-state index >= 15 is 0 Å². The van der Waals surface area contributed by atoms with Gasteiger partial charge in [-0.1, -0.05) is 30.3 Å². The highest BCUT2D eigenvalue weighted by Crippen LogP contribution is 2.00. The van der Waals surface area contributed by atoms with Gasteiger partial charge in [-0.05, 0) is 29.8 Å². The van der Waals surface area contributed by atoms with Crippen LogP contribution in [0.25, 0.3) is 6.08 Å². The molecule has 0 unspecified atom stereocenters. The van der Waals surface area contributed by atoms with Crippen LogP contribution in [0.1, 0.15) is 15.9 Å². The number of ether oxygens (including phenoxy) is 1. The Morgan fingerprint density at radius 3 is 2.68 bits per heavy atom. The minimum absolute atomic E-state index is 0.0453. The molecule has 2 aromatic rings. The minimum atomic E-state index is -0.847. The fourth-order valence-corrected chi connectivity index (χ4v) is 1.53. The van der Waals surface area contributed by atoms with Gasteiger partial charge >= 0.3 is 12.1 Å². The third-order valence-corrected chi connectivity index (χ3v) is 2.54. The predicted octanol–water partition coefficient (Wildman–Crippen LogP) is 2.59. The SMILES string of the molecule is O=C(NOC(=O)c1ccccc1)OC/C=C/c1cccnc1. The van der Waals surface area contributed by atoms with Crippen molar-refractivity contribution < 1.29 is 19.2 Å². The molecule has 0 atom stereocenters. The number of hydrogen-bond acceptors (Lipinski definition) is 5. The van der Waals surface area contributed by atoms with E-state index in [1.807, 2.05) is 11.5 Å². The van der Waals surface area contributed by atoms with Gasteiger partial charge in [-0.15, -0.1) is 5.48 Å². The molecule has 1 aromatic carbocycles. The van der Waals surface area contributed by atoms with Crippen LogP contribution < -0.4 is 5.48 Å². The summed E-state index contributed by atoms with van der Waals surface area (Å²) in [5.74, 6) is -0.663. The quantitative estimate of drug-likeness (QED) is 0.878. The van der Waals surface area contributed by atoms with Gasteiger partial charge in [0.05, 0.1) is 5.56 Å². The van der Waals surface area contributed by atoms with Crippen LogP contribution in [0, 0.1) is 0 Å². The topological polar surface area (TPSA) is 77.5 Å². The van der Waals surface area contributed by atoms with E-state index < -0.39 is 12.1 Å². The zero-order valence-corrected chi connectivity index (χ0v) is 11.6. The Balaban J connectivity index is 1.68. The molecule has 0 saturated carbocycles. The van der Waals surface area contributed by atoms with Gasteiger partial charge in [0.1, 0.15) is 6.61 Å². The number of pyridine rings is 1. The first-order chi connectivity index (χ1) is 10.8. The Hall–Kier alpha value is -3.15. The molecule has 6 nitrogen and oxygen atoms in total. The van der Waals surface area contributed by atoms with Gasteiger partial charge in [0.25, 0.3) is 0 Å². The first-order valence-electron chi connectivity index (χ1n) is 6.51. The summed E-state index contributed by atoms with van der Waals surface area (Å²) in [6.07, 6.45) is 5.91. The molecule has 1 amide bonds. The molecule has 0 saturated heterocycles. The molecular formula is C16H14N2O4. The Kier molecular flexibility index (Phi) is 5.69. The molecular weight excluding hydrogens is 284 g/mol. The normalized spacial score (nSPS) is 10.2. The van der Waals surface area contributed by atoms with Crippen molar-refractivity contribution in [2.75, 3.05) is 6.61 Å². The molecule has 0 radical (unpaired) electrons. The van der Waals surface area contributed by atoms with E-state index in [0.717, 1.165) is 5.56 Å². The number of carbonyl (C=O) groups is 2. The molecule has 0 bridgehead atoms. The number of carbonyl (C=O) groups excluding carboxylic acids is 2. The van der Waals surface area contributed by atoms with Crippen molar-refractivity contribution in [3.8, 4) is 0 Å². The molecule has 6 heteroatoms. The molecule has 0 spiro atoms. The molecule has 2 rings (SSSR count). The lowest BCUT2D eigenvalue weighted by atomic mass is 10.2. The zero-order chi connectivity index (χ0) is 15.6. The summed E-state index contributed by atoms with van der Waals surface area (Å²) in [5.41, 5.74) is 3.15. The Bertz CT molecular complexity index is 642. The van der Waals surface area contributed by atoms with Crippen molar-refractivity contribution in [3.63, 3.8) is 0 Å². The van der Waals surface area contributed by atoms with Crippen molar-refractivity contribution in [1.29, 1.82) is 0 Å². The zero-order valence-electron chi connectivity index (χ0n) is 11.6. The monoisotopic (exact) mass is 298 g/mol. The van der Waals surface area contributed by atoms with Crippen LogP contribution in [0.3, 0.4) is 0 Å². The van der Waals surface area contributed by atoms with E-state index in [9.17, 15) is 9.59 Å². The largest absolute Gasteiger partial charge is 0.443 e. The number of aromatic nitrogens is 1. The van der Waals surface area contributed by atoms with E-state index in [-0.39, 0.29) is 6.61 Å². The third-order valence-electron chi connectivity index (χ3n) is 2.54. The fourth-order valence-electron chi connectivity index (χ4n) is 1.53. The second kappa shape index (κ2) is 8.21. The maximum Gasteiger partial charge on any atom is 0.441 e. The van der Waals surface area contributed by atoms with Crippen LogP contribution in [0.2, 0.25) is 0 Å². The van der Waals surface area contributed by atoms with Crippen molar-refractivity contribution in [2.24, 2.45) is 0 Å². The molecule has 0 aliphatic rings. The van der Waals surface area contributed by atoms with E-state index in [2.05, 4.69) is 9.82 Å². The van der Waals surface area contributed by atoms with Gasteiger partial charge in [-0.2, -0.15) is 0 Å². The average molecular weight is 298 g/mol. The molecule has 1 N–H and O–H groups in total. The number of nitrogens with one attached hydrogen (secondary N) is 1. The van der Waals surface area contributed by atoms with Crippen LogP contribution in [-0.2, 0) is 9.57 Å². The predicted molar refractivity (Wildman–Crippen MR) is 79.6 cm³/mol.